The third-order valence-electron chi connectivity index (χ3n) is 7.65. The number of hydrazine groups is 1. The van der Waals surface area contributed by atoms with Gasteiger partial charge in [0.2, 0.25) is 5.91 Å². The molecular formula is C36H32N4O5. The predicted molar refractivity (Wildman–Crippen MR) is 174 cm³/mol. The van der Waals surface area contributed by atoms with Gasteiger partial charge in [-0.15, -0.1) is 0 Å². The van der Waals surface area contributed by atoms with Crippen molar-refractivity contribution in [2.75, 3.05) is 0 Å². The Morgan fingerprint density at radius 3 is 2.20 bits per heavy atom. The molecule has 0 aliphatic heterocycles. The Bertz CT molecular complexity index is 1990. The van der Waals surface area contributed by atoms with E-state index < -0.39 is 11.9 Å². The van der Waals surface area contributed by atoms with E-state index in [0.717, 1.165) is 51.6 Å². The number of nitrogens with one attached hydrogen (secondary N) is 1. The molecule has 1 amide bonds. The van der Waals surface area contributed by atoms with E-state index in [1.54, 1.807) is 0 Å². The summed E-state index contributed by atoms with van der Waals surface area (Å²) in [6.45, 7) is 2.31. The molecule has 0 aliphatic carbocycles. The first kappa shape index (κ1) is 30.7. The molecule has 0 atom stereocenters. The number of rotatable bonds is 8. The Morgan fingerprint density at radius 2 is 1.51 bits per heavy atom. The van der Waals surface area contributed by atoms with E-state index >= 15 is 0 Å². The average molecular weight is 601 g/mol. The standard InChI is InChI=1S/C27H24N4O.C9H8O4/c28-30-27(32)17-22-18-31(15-14-19-6-2-1-3-7-19)26-13-11-21(16-23(22)26)25-12-10-20-8-4-5-9-24(20)29-25;1-5-6(8(10)11)3-2-4-7(5)9(12)13/h1-13,16,18H,14-15,17,28H2,(H,30,32);2-4H,1H3,(H,10,11)(H,12,13). The normalized spacial score (nSPS) is 10.7. The molecule has 0 bridgehead atoms. The van der Waals surface area contributed by atoms with Gasteiger partial charge in [-0.25, -0.2) is 20.4 Å². The quantitative estimate of drug-likeness (QED) is 0.0948. The number of hydrogen-bond acceptors (Lipinski definition) is 5. The predicted octanol–water partition coefficient (Wildman–Crippen LogP) is 6.02. The van der Waals surface area contributed by atoms with Crippen LogP contribution in [0.1, 0.15) is 37.4 Å². The molecule has 6 aromatic rings. The fourth-order valence-electron chi connectivity index (χ4n) is 5.30. The Hall–Kier alpha value is -5.80. The fourth-order valence-corrected chi connectivity index (χ4v) is 5.30. The van der Waals surface area contributed by atoms with E-state index in [-0.39, 0.29) is 29.0 Å². The molecule has 0 saturated heterocycles. The highest BCUT2D eigenvalue weighted by Gasteiger charge is 2.15. The van der Waals surface area contributed by atoms with E-state index in [0.29, 0.717) is 0 Å². The van der Waals surface area contributed by atoms with Crippen molar-refractivity contribution in [2.45, 2.75) is 26.3 Å². The van der Waals surface area contributed by atoms with Gasteiger partial charge in [0.15, 0.2) is 0 Å². The smallest absolute Gasteiger partial charge is 0.335 e. The van der Waals surface area contributed by atoms with E-state index in [2.05, 4.69) is 70.8 Å². The van der Waals surface area contributed by atoms with Crippen LogP contribution in [0.25, 0.3) is 33.1 Å². The van der Waals surface area contributed by atoms with Crippen molar-refractivity contribution in [3.8, 4) is 11.3 Å². The van der Waals surface area contributed by atoms with Crippen LogP contribution in [0.2, 0.25) is 0 Å². The number of aryl methyl sites for hydroxylation is 2. The van der Waals surface area contributed by atoms with Crippen LogP contribution in [-0.4, -0.2) is 37.6 Å². The third-order valence-corrected chi connectivity index (χ3v) is 7.65. The SMILES string of the molecule is Cc1c(C(=O)O)cccc1C(=O)O.NNC(=O)Cc1cn(CCc2ccccc2)c2ccc(-c3ccc4ccccc4n3)cc12. The summed E-state index contributed by atoms with van der Waals surface area (Å²) >= 11 is 0. The van der Waals surface area contributed by atoms with Crippen LogP contribution in [-0.2, 0) is 24.2 Å². The number of aromatic nitrogens is 2. The second-order valence-corrected chi connectivity index (χ2v) is 10.5. The second-order valence-electron chi connectivity index (χ2n) is 10.5. The number of carboxylic acids is 2. The number of pyridine rings is 1. The fraction of sp³-hybridized carbons (Fsp3) is 0.111. The lowest BCUT2D eigenvalue weighted by Crippen LogP contribution is -2.31. The number of hydrogen-bond donors (Lipinski definition) is 4. The zero-order valence-corrected chi connectivity index (χ0v) is 24.6. The first-order valence-corrected chi connectivity index (χ1v) is 14.3. The molecule has 0 saturated carbocycles. The Labute approximate surface area is 259 Å². The Kier molecular flexibility index (Phi) is 9.31. The topological polar surface area (TPSA) is 148 Å². The van der Waals surface area contributed by atoms with Crippen LogP contribution in [0.3, 0.4) is 0 Å². The van der Waals surface area contributed by atoms with Gasteiger partial charge in [0.1, 0.15) is 0 Å². The van der Waals surface area contributed by atoms with Crippen LogP contribution in [0.15, 0.2) is 109 Å². The van der Waals surface area contributed by atoms with Gasteiger partial charge >= 0.3 is 11.9 Å². The summed E-state index contributed by atoms with van der Waals surface area (Å²) in [4.78, 5) is 38.1. The number of fused-ring (bicyclic) bond motifs is 2. The molecule has 6 rings (SSSR count). The van der Waals surface area contributed by atoms with Gasteiger partial charge in [0.05, 0.1) is 28.8 Å². The molecule has 0 radical (unpaired) electrons. The van der Waals surface area contributed by atoms with Crippen molar-refractivity contribution < 1.29 is 24.6 Å². The molecule has 9 heteroatoms. The first-order chi connectivity index (χ1) is 21.7. The highest BCUT2D eigenvalue weighted by atomic mass is 16.4. The lowest BCUT2D eigenvalue weighted by Gasteiger charge is -2.07. The van der Waals surface area contributed by atoms with E-state index in [1.807, 2.05) is 30.3 Å². The number of nitrogens with two attached hydrogens (primary N) is 1. The molecule has 0 unspecified atom stereocenters. The van der Waals surface area contributed by atoms with E-state index in [1.165, 1.54) is 30.7 Å². The second kappa shape index (κ2) is 13.7. The number of nitrogens with zero attached hydrogens (tertiary/aromatic N) is 2. The van der Waals surface area contributed by atoms with Crippen LogP contribution in [0, 0.1) is 6.92 Å². The maximum atomic E-state index is 12.1. The maximum Gasteiger partial charge on any atom is 0.335 e. The molecule has 45 heavy (non-hydrogen) atoms. The summed E-state index contributed by atoms with van der Waals surface area (Å²) in [6.07, 6.45) is 3.22. The largest absolute Gasteiger partial charge is 0.478 e. The zero-order chi connectivity index (χ0) is 31.9. The minimum Gasteiger partial charge on any atom is -0.478 e. The molecule has 2 heterocycles. The van der Waals surface area contributed by atoms with Crippen LogP contribution < -0.4 is 11.3 Å². The summed E-state index contributed by atoms with van der Waals surface area (Å²) in [5.74, 6) is 2.93. The van der Waals surface area contributed by atoms with Gasteiger partial charge in [-0.3, -0.25) is 10.2 Å². The van der Waals surface area contributed by atoms with E-state index in [9.17, 15) is 14.4 Å². The highest BCUT2D eigenvalue weighted by Crippen LogP contribution is 2.29. The lowest BCUT2D eigenvalue weighted by molar-refractivity contribution is -0.120. The average Bonchev–Trinajstić information content (AvgIpc) is 3.40. The number of amides is 1. The van der Waals surface area contributed by atoms with Crippen molar-refractivity contribution in [2.24, 2.45) is 5.84 Å². The van der Waals surface area contributed by atoms with Crippen molar-refractivity contribution in [1.82, 2.24) is 15.0 Å². The van der Waals surface area contributed by atoms with Crippen molar-refractivity contribution in [3.05, 3.63) is 137 Å². The van der Waals surface area contributed by atoms with Gasteiger partial charge in [-0.2, -0.15) is 0 Å². The molecule has 5 N–H and O–H groups in total. The molecule has 9 nitrogen and oxygen atoms in total. The maximum absolute atomic E-state index is 12.1. The summed E-state index contributed by atoms with van der Waals surface area (Å²) < 4.78 is 2.22. The number of benzene rings is 4. The van der Waals surface area contributed by atoms with Gasteiger partial charge in [-0.05, 0) is 66.4 Å². The number of aromatic carboxylic acids is 2. The van der Waals surface area contributed by atoms with E-state index in [4.69, 9.17) is 21.0 Å². The third kappa shape index (κ3) is 7.06. The zero-order valence-electron chi connectivity index (χ0n) is 24.6. The molecule has 226 valence electrons. The van der Waals surface area contributed by atoms with Crippen molar-refractivity contribution >= 4 is 39.7 Å². The highest BCUT2D eigenvalue weighted by molar-refractivity contribution is 5.96. The Balaban J connectivity index is 0.000000259. The van der Waals surface area contributed by atoms with Gasteiger partial charge < -0.3 is 14.8 Å². The minimum atomic E-state index is -1.11. The number of carbonyl (C=O) groups excluding carboxylic acids is 1. The van der Waals surface area contributed by atoms with Crippen LogP contribution in [0.4, 0.5) is 0 Å². The summed E-state index contributed by atoms with van der Waals surface area (Å²) in [6, 6.07) is 33.2. The molecular weight excluding hydrogens is 568 g/mol. The summed E-state index contributed by atoms with van der Waals surface area (Å²) in [7, 11) is 0. The minimum absolute atomic E-state index is 0.0277. The van der Waals surface area contributed by atoms with Crippen LogP contribution in [0.5, 0.6) is 0 Å². The molecule has 0 fully saturated rings. The first-order valence-electron chi connectivity index (χ1n) is 14.3. The monoisotopic (exact) mass is 600 g/mol. The summed E-state index contributed by atoms with van der Waals surface area (Å²) in [5, 5.41) is 19.5. The lowest BCUT2D eigenvalue weighted by atomic mass is 10.0. The van der Waals surface area contributed by atoms with Gasteiger partial charge in [0, 0.05) is 34.6 Å². The van der Waals surface area contributed by atoms with Gasteiger partial charge in [0.25, 0.3) is 0 Å². The molecule has 4 aromatic carbocycles. The number of para-hydroxylation sites is 1. The van der Waals surface area contributed by atoms with Crippen molar-refractivity contribution in [1.29, 1.82) is 0 Å². The molecule has 2 aromatic heterocycles. The number of carboxylic acid groups (broad SMARTS) is 2. The van der Waals surface area contributed by atoms with Crippen LogP contribution >= 0.6 is 0 Å². The number of carbonyl (C=O) groups is 3. The molecule has 0 spiro atoms. The van der Waals surface area contributed by atoms with Gasteiger partial charge in [-0.1, -0.05) is 66.7 Å². The summed E-state index contributed by atoms with van der Waals surface area (Å²) in [5.41, 5.74) is 8.84. The Morgan fingerprint density at radius 1 is 0.822 bits per heavy atom. The van der Waals surface area contributed by atoms with Crippen molar-refractivity contribution in [3.63, 3.8) is 0 Å². The molecule has 0 aliphatic rings.